The Morgan fingerprint density at radius 1 is 1.22 bits per heavy atom. The zero-order valence-corrected chi connectivity index (χ0v) is 14.9. The van der Waals surface area contributed by atoms with Crippen LogP contribution < -0.4 is 5.32 Å². The van der Waals surface area contributed by atoms with Crippen molar-refractivity contribution in [2.45, 2.75) is 59.1 Å². The van der Waals surface area contributed by atoms with E-state index in [4.69, 9.17) is 4.74 Å². The third-order valence-electron chi connectivity index (χ3n) is 5.10. The Balaban J connectivity index is 1.83. The highest BCUT2D eigenvalue weighted by molar-refractivity contribution is 5.72. The summed E-state index contributed by atoms with van der Waals surface area (Å²) in [5.74, 6) is 1.59. The molecule has 0 saturated heterocycles. The van der Waals surface area contributed by atoms with E-state index in [2.05, 4.69) is 45.1 Å². The number of ether oxygens (including phenoxy) is 1. The van der Waals surface area contributed by atoms with Gasteiger partial charge >= 0.3 is 5.97 Å². The fourth-order valence-electron chi connectivity index (χ4n) is 3.56. The number of carbonyl (C=O) groups excluding carboxylic acids is 1. The summed E-state index contributed by atoms with van der Waals surface area (Å²) in [6.07, 6.45) is 3.51. The minimum absolute atomic E-state index is 0.0834. The molecule has 0 heterocycles. The highest BCUT2D eigenvalue weighted by Crippen LogP contribution is 2.35. The largest absolute Gasteiger partial charge is 0.461 e. The number of hydrogen-bond acceptors (Lipinski definition) is 3. The Bertz CT molecular complexity index is 486. The van der Waals surface area contributed by atoms with E-state index < -0.39 is 0 Å². The molecule has 1 N–H and O–H groups in total. The molecular weight excluding hydrogens is 286 g/mol. The Morgan fingerprint density at radius 2 is 1.91 bits per heavy atom. The fourth-order valence-corrected chi connectivity index (χ4v) is 3.56. The van der Waals surface area contributed by atoms with Gasteiger partial charge in [0.25, 0.3) is 0 Å². The fraction of sp³-hybridized carbons (Fsp3) is 0.650. The van der Waals surface area contributed by atoms with Crippen molar-refractivity contribution < 1.29 is 9.53 Å². The second-order valence-electron chi connectivity index (χ2n) is 7.37. The predicted octanol–water partition coefficient (Wildman–Crippen LogP) is 4.34. The van der Waals surface area contributed by atoms with E-state index in [1.54, 1.807) is 0 Å². The third kappa shape index (κ3) is 5.35. The smallest absolute Gasteiger partial charge is 0.320 e. The molecule has 2 rings (SSSR count). The number of esters is 1. The molecule has 1 aromatic carbocycles. The highest BCUT2D eigenvalue weighted by Gasteiger charge is 2.33. The topological polar surface area (TPSA) is 38.3 Å². The standard InChI is InChI=1S/C20H31NO2/c1-14(2)18-11-10-15(3)12-19(18)23-20(22)13-21-16(4)17-8-6-5-7-9-17/h5-9,14-16,18-19,21H,10-13H2,1-4H3/t15?,16-,18?,19?/m0/s1. The van der Waals surface area contributed by atoms with Crippen molar-refractivity contribution in [2.24, 2.45) is 17.8 Å². The van der Waals surface area contributed by atoms with Crippen molar-refractivity contribution >= 4 is 5.97 Å². The van der Waals surface area contributed by atoms with Gasteiger partial charge in [0.05, 0.1) is 6.54 Å². The molecule has 0 radical (unpaired) electrons. The summed E-state index contributed by atoms with van der Waals surface area (Å²) < 4.78 is 5.82. The Kier molecular flexibility index (Phi) is 6.64. The maximum Gasteiger partial charge on any atom is 0.320 e. The van der Waals surface area contributed by atoms with Gasteiger partial charge in [-0.15, -0.1) is 0 Å². The van der Waals surface area contributed by atoms with E-state index in [0.717, 1.165) is 6.42 Å². The molecule has 0 aromatic heterocycles. The molecule has 3 unspecified atom stereocenters. The van der Waals surface area contributed by atoms with E-state index >= 15 is 0 Å². The summed E-state index contributed by atoms with van der Waals surface area (Å²) in [7, 11) is 0. The number of nitrogens with one attached hydrogen (secondary N) is 1. The van der Waals surface area contributed by atoms with Crippen LogP contribution in [0.3, 0.4) is 0 Å². The van der Waals surface area contributed by atoms with Crippen molar-refractivity contribution in [3.63, 3.8) is 0 Å². The van der Waals surface area contributed by atoms with Gasteiger partial charge < -0.3 is 10.1 Å². The first kappa shape index (κ1) is 18.0. The summed E-state index contributed by atoms with van der Waals surface area (Å²) in [6.45, 7) is 9.06. The molecule has 1 fully saturated rings. The Morgan fingerprint density at radius 3 is 2.57 bits per heavy atom. The number of carbonyl (C=O) groups is 1. The average molecular weight is 317 g/mol. The lowest BCUT2D eigenvalue weighted by molar-refractivity contribution is -0.154. The van der Waals surface area contributed by atoms with Gasteiger partial charge in [0.15, 0.2) is 0 Å². The van der Waals surface area contributed by atoms with Crippen LogP contribution in [0.1, 0.15) is 58.6 Å². The summed E-state index contributed by atoms with van der Waals surface area (Å²) in [5, 5.41) is 3.27. The monoisotopic (exact) mass is 317 g/mol. The van der Waals surface area contributed by atoms with Gasteiger partial charge in [-0.3, -0.25) is 4.79 Å². The van der Waals surface area contributed by atoms with Gasteiger partial charge in [0.2, 0.25) is 0 Å². The van der Waals surface area contributed by atoms with Crippen LogP contribution in [0.15, 0.2) is 30.3 Å². The van der Waals surface area contributed by atoms with Crippen LogP contribution in [0.2, 0.25) is 0 Å². The molecular formula is C20H31NO2. The number of hydrogen-bond donors (Lipinski definition) is 1. The molecule has 128 valence electrons. The van der Waals surface area contributed by atoms with Gasteiger partial charge in [0, 0.05) is 6.04 Å². The van der Waals surface area contributed by atoms with Crippen molar-refractivity contribution in [3.05, 3.63) is 35.9 Å². The van der Waals surface area contributed by atoms with Gasteiger partial charge in [-0.25, -0.2) is 0 Å². The van der Waals surface area contributed by atoms with E-state index in [9.17, 15) is 4.79 Å². The SMILES string of the molecule is CC1CCC(C(C)C)C(OC(=O)CN[C@@H](C)c2ccccc2)C1. The van der Waals surface area contributed by atoms with Gasteiger partial charge in [-0.05, 0) is 43.1 Å². The molecule has 23 heavy (non-hydrogen) atoms. The molecule has 1 aromatic rings. The van der Waals surface area contributed by atoms with Crippen LogP contribution in [0.4, 0.5) is 0 Å². The van der Waals surface area contributed by atoms with Crippen LogP contribution in [0.5, 0.6) is 0 Å². The van der Waals surface area contributed by atoms with E-state index in [-0.39, 0.29) is 24.7 Å². The maximum absolute atomic E-state index is 12.2. The van der Waals surface area contributed by atoms with Crippen molar-refractivity contribution in [2.75, 3.05) is 6.54 Å². The molecule has 1 saturated carbocycles. The van der Waals surface area contributed by atoms with Crippen LogP contribution in [0.25, 0.3) is 0 Å². The third-order valence-corrected chi connectivity index (χ3v) is 5.10. The normalized spacial score (nSPS) is 26.0. The van der Waals surface area contributed by atoms with Crippen LogP contribution in [-0.2, 0) is 9.53 Å². The zero-order chi connectivity index (χ0) is 16.8. The molecule has 1 aliphatic rings. The molecule has 0 amide bonds. The maximum atomic E-state index is 12.2. The molecule has 0 spiro atoms. The van der Waals surface area contributed by atoms with Crippen LogP contribution in [0, 0.1) is 17.8 Å². The van der Waals surface area contributed by atoms with E-state index in [0.29, 0.717) is 17.8 Å². The first-order valence-electron chi connectivity index (χ1n) is 8.95. The Labute approximate surface area is 140 Å². The number of benzene rings is 1. The summed E-state index contributed by atoms with van der Waals surface area (Å²) >= 11 is 0. The lowest BCUT2D eigenvalue weighted by Gasteiger charge is -2.36. The Hall–Kier alpha value is -1.35. The summed E-state index contributed by atoms with van der Waals surface area (Å²) in [4.78, 5) is 12.2. The number of rotatable bonds is 6. The lowest BCUT2D eigenvalue weighted by atomic mass is 9.75. The quantitative estimate of drug-likeness (QED) is 0.793. The van der Waals surface area contributed by atoms with Gasteiger partial charge in [-0.1, -0.05) is 57.5 Å². The minimum Gasteiger partial charge on any atom is -0.461 e. The lowest BCUT2D eigenvalue weighted by Crippen LogP contribution is -2.38. The van der Waals surface area contributed by atoms with Crippen LogP contribution in [-0.4, -0.2) is 18.6 Å². The van der Waals surface area contributed by atoms with Crippen LogP contribution >= 0.6 is 0 Å². The second kappa shape index (κ2) is 8.49. The molecule has 3 nitrogen and oxygen atoms in total. The molecule has 4 atom stereocenters. The summed E-state index contributed by atoms with van der Waals surface area (Å²) in [5.41, 5.74) is 1.19. The zero-order valence-electron chi connectivity index (χ0n) is 14.9. The van der Waals surface area contributed by atoms with E-state index in [1.807, 2.05) is 18.2 Å². The molecule has 0 aliphatic heterocycles. The molecule has 1 aliphatic carbocycles. The van der Waals surface area contributed by atoms with Crippen molar-refractivity contribution in [1.82, 2.24) is 5.32 Å². The van der Waals surface area contributed by atoms with Crippen molar-refractivity contribution in [3.8, 4) is 0 Å². The highest BCUT2D eigenvalue weighted by atomic mass is 16.5. The predicted molar refractivity (Wildman–Crippen MR) is 94.1 cm³/mol. The average Bonchev–Trinajstić information content (AvgIpc) is 2.53. The van der Waals surface area contributed by atoms with Gasteiger partial charge in [0.1, 0.15) is 6.10 Å². The minimum atomic E-state index is -0.127. The van der Waals surface area contributed by atoms with Gasteiger partial charge in [-0.2, -0.15) is 0 Å². The first-order valence-corrected chi connectivity index (χ1v) is 8.95. The molecule has 3 heteroatoms. The first-order chi connectivity index (χ1) is 11.0. The summed E-state index contributed by atoms with van der Waals surface area (Å²) in [6, 6.07) is 10.3. The van der Waals surface area contributed by atoms with E-state index in [1.165, 1.54) is 18.4 Å². The molecule has 0 bridgehead atoms. The van der Waals surface area contributed by atoms with Crippen molar-refractivity contribution in [1.29, 1.82) is 0 Å². The second-order valence-corrected chi connectivity index (χ2v) is 7.37.